The van der Waals surface area contributed by atoms with E-state index in [9.17, 15) is 4.79 Å². The second kappa shape index (κ2) is 7.72. The van der Waals surface area contributed by atoms with Crippen LogP contribution in [-0.2, 0) is 4.79 Å². The molecular formula is C16H28N4O2. The van der Waals surface area contributed by atoms with E-state index in [1.165, 1.54) is 0 Å². The van der Waals surface area contributed by atoms with Gasteiger partial charge in [-0.2, -0.15) is 4.98 Å². The molecule has 1 fully saturated rings. The third-order valence-corrected chi connectivity index (χ3v) is 4.44. The minimum atomic E-state index is -0.176. The highest BCUT2D eigenvalue weighted by atomic mass is 16.5. The first-order valence-electron chi connectivity index (χ1n) is 8.33. The molecule has 1 amide bonds. The molecule has 2 heterocycles. The Morgan fingerprint density at radius 3 is 2.59 bits per heavy atom. The molecule has 22 heavy (non-hydrogen) atoms. The number of aromatic nitrogens is 2. The van der Waals surface area contributed by atoms with Crippen molar-refractivity contribution >= 4 is 5.91 Å². The highest BCUT2D eigenvalue weighted by Gasteiger charge is 2.24. The highest BCUT2D eigenvalue weighted by molar-refractivity contribution is 5.76. The van der Waals surface area contributed by atoms with Crippen molar-refractivity contribution in [2.75, 3.05) is 13.1 Å². The summed E-state index contributed by atoms with van der Waals surface area (Å²) in [5, 5.41) is 6.82. The number of hydrogen-bond acceptors (Lipinski definition) is 5. The molecule has 0 spiro atoms. The number of nitrogens with one attached hydrogen (secondary N) is 1. The second-order valence-electron chi connectivity index (χ2n) is 6.49. The van der Waals surface area contributed by atoms with E-state index < -0.39 is 0 Å². The highest BCUT2D eigenvalue weighted by Crippen LogP contribution is 2.22. The maximum Gasteiger partial charge on any atom is 0.249 e. The number of rotatable bonds is 6. The Labute approximate surface area is 132 Å². The Morgan fingerprint density at radius 1 is 1.41 bits per heavy atom. The number of aryl methyl sites for hydroxylation is 1. The van der Waals surface area contributed by atoms with Gasteiger partial charge in [0.2, 0.25) is 11.8 Å². The zero-order valence-electron chi connectivity index (χ0n) is 14.1. The number of carbonyl (C=O) groups excluding carboxylic acids is 1. The number of amides is 1. The monoisotopic (exact) mass is 308 g/mol. The standard InChI is InChI=1S/C16H28N4O2/c1-5-14(16-17-12(4)19-22-16)18-15(21)10-13-6-8-20(9-7-13)11(2)3/h11,13-14H,5-10H2,1-4H3,(H,18,21)/t14-/m1/s1. The van der Waals surface area contributed by atoms with Gasteiger partial charge in [0.1, 0.15) is 6.04 Å². The Hall–Kier alpha value is -1.43. The topological polar surface area (TPSA) is 71.3 Å². The van der Waals surface area contributed by atoms with E-state index in [0.29, 0.717) is 30.1 Å². The predicted molar refractivity (Wildman–Crippen MR) is 84.3 cm³/mol. The van der Waals surface area contributed by atoms with Gasteiger partial charge in [0.15, 0.2) is 5.82 Å². The summed E-state index contributed by atoms with van der Waals surface area (Å²) in [4.78, 5) is 19.0. The van der Waals surface area contributed by atoms with Crippen LogP contribution in [0.2, 0.25) is 0 Å². The number of hydrogen-bond donors (Lipinski definition) is 1. The molecule has 0 aliphatic carbocycles. The van der Waals surface area contributed by atoms with Crippen molar-refractivity contribution in [2.24, 2.45) is 5.92 Å². The lowest BCUT2D eigenvalue weighted by Gasteiger charge is -2.34. The lowest BCUT2D eigenvalue weighted by molar-refractivity contribution is -0.123. The van der Waals surface area contributed by atoms with Crippen LogP contribution in [-0.4, -0.2) is 40.1 Å². The zero-order chi connectivity index (χ0) is 16.1. The Balaban J connectivity index is 1.80. The quantitative estimate of drug-likeness (QED) is 0.874. The van der Waals surface area contributed by atoms with Crippen molar-refractivity contribution in [1.29, 1.82) is 0 Å². The first-order valence-corrected chi connectivity index (χ1v) is 8.33. The van der Waals surface area contributed by atoms with Crippen molar-refractivity contribution in [2.45, 2.75) is 65.5 Å². The molecule has 0 aromatic carbocycles. The van der Waals surface area contributed by atoms with Crippen LogP contribution in [0.4, 0.5) is 0 Å². The fourth-order valence-corrected chi connectivity index (χ4v) is 2.98. The number of likely N-dealkylation sites (tertiary alicyclic amines) is 1. The molecule has 124 valence electrons. The molecule has 1 aliphatic heterocycles. The van der Waals surface area contributed by atoms with Crippen molar-refractivity contribution in [3.05, 3.63) is 11.7 Å². The molecule has 0 bridgehead atoms. The second-order valence-corrected chi connectivity index (χ2v) is 6.49. The van der Waals surface area contributed by atoms with Gasteiger partial charge in [-0.3, -0.25) is 4.79 Å². The third-order valence-electron chi connectivity index (χ3n) is 4.44. The summed E-state index contributed by atoms with van der Waals surface area (Å²) in [5.41, 5.74) is 0. The van der Waals surface area contributed by atoms with Gasteiger partial charge >= 0.3 is 0 Å². The molecule has 1 aromatic rings. The van der Waals surface area contributed by atoms with Gasteiger partial charge in [-0.05, 0) is 59.0 Å². The minimum absolute atomic E-state index is 0.0886. The summed E-state index contributed by atoms with van der Waals surface area (Å²) in [6, 6.07) is 0.421. The minimum Gasteiger partial charge on any atom is -0.344 e. The Bertz CT molecular complexity index is 478. The van der Waals surface area contributed by atoms with Crippen molar-refractivity contribution in [3.63, 3.8) is 0 Å². The van der Waals surface area contributed by atoms with Gasteiger partial charge in [-0.1, -0.05) is 12.1 Å². The van der Waals surface area contributed by atoms with Crippen LogP contribution in [0.1, 0.15) is 64.2 Å². The van der Waals surface area contributed by atoms with Gasteiger partial charge in [-0.25, -0.2) is 0 Å². The third kappa shape index (κ3) is 4.53. The van der Waals surface area contributed by atoms with Crippen molar-refractivity contribution in [3.8, 4) is 0 Å². The fraction of sp³-hybridized carbons (Fsp3) is 0.812. The largest absolute Gasteiger partial charge is 0.344 e. The average Bonchev–Trinajstić information content (AvgIpc) is 2.91. The predicted octanol–water partition coefficient (Wildman–Crippen LogP) is 2.46. The summed E-state index contributed by atoms with van der Waals surface area (Å²) < 4.78 is 5.17. The van der Waals surface area contributed by atoms with Gasteiger partial charge in [0, 0.05) is 12.5 Å². The van der Waals surface area contributed by atoms with E-state index in [-0.39, 0.29) is 11.9 Å². The summed E-state index contributed by atoms with van der Waals surface area (Å²) in [7, 11) is 0. The summed E-state index contributed by atoms with van der Waals surface area (Å²) in [6.45, 7) is 10.4. The van der Waals surface area contributed by atoms with Crippen LogP contribution in [0.3, 0.4) is 0 Å². The molecule has 0 unspecified atom stereocenters. The summed E-state index contributed by atoms with van der Waals surface area (Å²) in [6.07, 6.45) is 3.54. The van der Waals surface area contributed by atoms with Gasteiger partial charge < -0.3 is 14.7 Å². The Kier molecular flexibility index (Phi) is 5.94. The van der Waals surface area contributed by atoms with Crippen LogP contribution >= 0.6 is 0 Å². The van der Waals surface area contributed by atoms with Crippen LogP contribution in [0.25, 0.3) is 0 Å². The molecule has 1 aliphatic rings. The summed E-state index contributed by atoms with van der Waals surface area (Å²) in [5.74, 6) is 1.68. The maximum atomic E-state index is 12.3. The van der Waals surface area contributed by atoms with Gasteiger partial charge in [0.25, 0.3) is 0 Å². The SMILES string of the molecule is CC[C@@H](NC(=O)CC1CCN(C(C)C)CC1)c1nc(C)no1. The van der Waals surface area contributed by atoms with Crippen molar-refractivity contribution < 1.29 is 9.32 Å². The van der Waals surface area contributed by atoms with Crippen LogP contribution in [0, 0.1) is 12.8 Å². The smallest absolute Gasteiger partial charge is 0.249 e. The first-order chi connectivity index (χ1) is 10.5. The first kappa shape index (κ1) is 16.9. The van der Waals surface area contributed by atoms with E-state index in [1.807, 2.05) is 6.92 Å². The van der Waals surface area contributed by atoms with E-state index >= 15 is 0 Å². The molecule has 2 rings (SSSR count). The van der Waals surface area contributed by atoms with E-state index in [0.717, 1.165) is 32.4 Å². The number of carbonyl (C=O) groups is 1. The molecule has 6 nitrogen and oxygen atoms in total. The van der Waals surface area contributed by atoms with E-state index in [2.05, 4.69) is 34.2 Å². The molecule has 6 heteroatoms. The van der Waals surface area contributed by atoms with Crippen LogP contribution in [0.15, 0.2) is 4.52 Å². The van der Waals surface area contributed by atoms with E-state index in [1.54, 1.807) is 6.92 Å². The molecule has 1 saturated heterocycles. The van der Waals surface area contributed by atoms with Gasteiger partial charge in [0.05, 0.1) is 0 Å². The number of nitrogens with zero attached hydrogens (tertiary/aromatic N) is 3. The van der Waals surface area contributed by atoms with E-state index in [4.69, 9.17) is 4.52 Å². The van der Waals surface area contributed by atoms with Crippen LogP contribution < -0.4 is 5.32 Å². The number of piperidine rings is 1. The Morgan fingerprint density at radius 2 is 2.09 bits per heavy atom. The molecule has 1 aromatic heterocycles. The molecule has 0 radical (unpaired) electrons. The molecule has 1 N–H and O–H groups in total. The molecule has 0 saturated carbocycles. The van der Waals surface area contributed by atoms with Gasteiger partial charge in [-0.15, -0.1) is 0 Å². The van der Waals surface area contributed by atoms with Crippen molar-refractivity contribution in [1.82, 2.24) is 20.4 Å². The average molecular weight is 308 g/mol. The normalized spacial score (nSPS) is 18.6. The summed E-state index contributed by atoms with van der Waals surface area (Å²) >= 11 is 0. The zero-order valence-corrected chi connectivity index (χ0v) is 14.1. The lowest BCUT2D eigenvalue weighted by Crippen LogP contribution is -2.40. The van der Waals surface area contributed by atoms with Crippen LogP contribution in [0.5, 0.6) is 0 Å². The molecular weight excluding hydrogens is 280 g/mol. The molecule has 1 atom stereocenters. The fourth-order valence-electron chi connectivity index (χ4n) is 2.98. The lowest BCUT2D eigenvalue weighted by atomic mass is 9.92. The maximum absolute atomic E-state index is 12.3.